The van der Waals surface area contributed by atoms with Gasteiger partial charge in [0.25, 0.3) is 11.8 Å². The van der Waals surface area contributed by atoms with Crippen LogP contribution in [0.25, 0.3) is 6.08 Å². The Morgan fingerprint density at radius 3 is 1.98 bits per heavy atom. The minimum absolute atomic E-state index is 0.0463. The Morgan fingerprint density at radius 1 is 0.744 bits per heavy atom. The summed E-state index contributed by atoms with van der Waals surface area (Å²) in [6.07, 6.45) is 1.56. The molecular weight excluding hydrogens is 584 g/mol. The molecule has 0 aromatic heterocycles. The second-order valence-electron chi connectivity index (χ2n) is 9.42. The molecule has 0 saturated carbocycles. The van der Waals surface area contributed by atoms with E-state index in [4.69, 9.17) is 11.6 Å². The van der Waals surface area contributed by atoms with Crippen LogP contribution in [0.2, 0.25) is 5.02 Å². The van der Waals surface area contributed by atoms with Crippen molar-refractivity contribution in [1.29, 1.82) is 0 Å². The maximum Gasteiger partial charge on any atom is 0.272 e. The normalized spacial score (nSPS) is 11.7. The number of carbonyl (C=O) groups excluding carboxylic acids is 4. The molecule has 0 spiro atoms. The average molecular weight is 613 g/mol. The number of rotatable bonds is 10. The van der Waals surface area contributed by atoms with Gasteiger partial charge in [0.05, 0.1) is 5.25 Å². The zero-order valence-corrected chi connectivity index (χ0v) is 25.0. The highest BCUT2D eigenvalue weighted by atomic mass is 35.5. The van der Waals surface area contributed by atoms with Gasteiger partial charge in [-0.1, -0.05) is 41.9 Å². The maximum atomic E-state index is 13.3. The molecule has 0 radical (unpaired) electrons. The smallest absolute Gasteiger partial charge is 0.272 e. The Labute approximate surface area is 258 Å². The van der Waals surface area contributed by atoms with Gasteiger partial charge in [0.15, 0.2) is 0 Å². The first-order valence-corrected chi connectivity index (χ1v) is 14.5. The first kappa shape index (κ1) is 31.1. The van der Waals surface area contributed by atoms with Crippen molar-refractivity contribution in [1.82, 2.24) is 5.32 Å². The summed E-state index contributed by atoms with van der Waals surface area (Å²) in [5.74, 6) is -1.29. The lowest BCUT2D eigenvalue weighted by atomic mass is 10.1. The van der Waals surface area contributed by atoms with Crippen molar-refractivity contribution in [2.45, 2.75) is 24.0 Å². The maximum absolute atomic E-state index is 13.3. The molecule has 8 nitrogen and oxygen atoms in total. The standard InChI is InChI=1S/C33H29ClN4O4S/c1-21(31(40)36-27-13-11-26(12-14-27)35-22(2)39)43-29-17-15-28(16-18-29)37-33(42)30(20-23-7-6-10-25(34)19-23)38-32(41)24-8-4-3-5-9-24/h3-21H,1-2H3,(H,35,39)(H,36,40)(H,37,42)(H,38,41)/b30-20-. The van der Waals surface area contributed by atoms with E-state index in [0.29, 0.717) is 33.2 Å². The van der Waals surface area contributed by atoms with Crippen molar-refractivity contribution >= 4 is 70.1 Å². The summed E-state index contributed by atoms with van der Waals surface area (Å²) in [6, 6.07) is 29.5. The summed E-state index contributed by atoms with van der Waals surface area (Å²) in [6.45, 7) is 3.22. The fourth-order valence-electron chi connectivity index (χ4n) is 3.86. The number of thioether (sulfide) groups is 1. The Hall–Kier alpha value is -4.86. The molecule has 4 aromatic carbocycles. The number of hydrogen-bond acceptors (Lipinski definition) is 5. The van der Waals surface area contributed by atoms with Gasteiger partial charge in [-0.2, -0.15) is 0 Å². The second kappa shape index (κ2) is 14.9. The molecule has 0 heterocycles. The van der Waals surface area contributed by atoms with E-state index in [9.17, 15) is 19.2 Å². The van der Waals surface area contributed by atoms with Crippen molar-refractivity contribution in [2.75, 3.05) is 16.0 Å². The van der Waals surface area contributed by atoms with Crippen LogP contribution < -0.4 is 21.3 Å². The quantitative estimate of drug-likeness (QED) is 0.116. The van der Waals surface area contributed by atoms with Crippen LogP contribution in [0.4, 0.5) is 17.1 Å². The van der Waals surface area contributed by atoms with Gasteiger partial charge >= 0.3 is 0 Å². The topological polar surface area (TPSA) is 116 Å². The summed E-state index contributed by atoms with van der Waals surface area (Å²) < 4.78 is 0. The Kier molecular flexibility index (Phi) is 10.7. The van der Waals surface area contributed by atoms with Crippen LogP contribution in [0.3, 0.4) is 0 Å². The molecule has 1 unspecified atom stereocenters. The van der Waals surface area contributed by atoms with Crippen molar-refractivity contribution < 1.29 is 19.2 Å². The fourth-order valence-corrected chi connectivity index (χ4v) is 4.93. The summed E-state index contributed by atoms with van der Waals surface area (Å²) in [5.41, 5.74) is 2.88. The van der Waals surface area contributed by atoms with Crippen LogP contribution in [0.15, 0.2) is 114 Å². The molecule has 4 N–H and O–H groups in total. The molecule has 4 rings (SSSR count). The number of amides is 4. The van der Waals surface area contributed by atoms with Gasteiger partial charge in [-0.15, -0.1) is 11.8 Å². The molecule has 0 aliphatic carbocycles. The van der Waals surface area contributed by atoms with Gasteiger partial charge in [0.1, 0.15) is 5.70 Å². The van der Waals surface area contributed by atoms with Crippen LogP contribution in [0, 0.1) is 0 Å². The van der Waals surface area contributed by atoms with Crippen LogP contribution in [0.1, 0.15) is 29.8 Å². The van der Waals surface area contributed by atoms with Gasteiger partial charge in [-0.3, -0.25) is 19.2 Å². The Bertz CT molecular complexity index is 1640. The second-order valence-corrected chi connectivity index (χ2v) is 11.3. The molecule has 43 heavy (non-hydrogen) atoms. The molecule has 10 heteroatoms. The number of nitrogens with one attached hydrogen (secondary N) is 4. The zero-order chi connectivity index (χ0) is 30.8. The van der Waals surface area contributed by atoms with Crippen LogP contribution >= 0.6 is 23.4 Å². The van der Waals surface area contributed by atoms with Gasteiger partial charge in [-0.25, -0.2) is 0 Å². The predicted molar refractivity (Wildman–Crippen MR) is 173 cm³/mol. The molecule has 0 fully saturated rings. The monoisotopic (exact) mass is 612 g/mol. The SMILES string of the molecule is CC(=O)Nc1ccc(NC(=O)C(C)Sc2ccc(NC(=O)/C(=C/c3cccc(Cl)c3)NC(=O)c3ccccc3)cc2)cc1. The third-order valence-corrected chi connectivity index (χ3v) is 7.30. The lowest BCUT2D eigenvalue weighted by Gasteiger charge is -2.14. The Morgan fingerprint density at radius 2 is 1.35 bits per heavy atom. The van der Waals surface area contributed by atoms with E-state index in [1.807, 2.05) is 0 Å². The van der Waals surface area contributed by atoms with Crippen LogP contribution in [-0.2, 0) is 14.4 Å². The Balaban J connectivity index is 1.39. The fraction of sp³-hybridized carbons (Fsp3) is 0.0909. The molecule has 4 amide bonds. The summed E-state index contributed by atoms with van der Waals surface area (Å²) in [7, 11) is 0. The third kappa shape index (κ3) is 9.59. The number of anilines is 3. The number of hydrogen-bond donors (Lipinski definition) is 4. The molecule has 0 aliphatic heterocycles. The summed E-state index contributed by atoms with van der Waals surface area (Å²) in [4.78, 5) is 50.8. The van der Waals surface area contributed by atoms with Crippen molar-refractivity contribution in [2.24, 2.45) is 0 Å². The molecular formula is C33H29ClN4O4S. The van der Waals surface area contributed by atoms with E-state index in [2.05, 4.69) is 21.3 Å². The van der Waals surface area contributed by atoms with E-state index in [1.165, 1.54) is 18.7 Å². The van der Waals surface area contributed by atoms with Crippen LogP contribution in [0.5, 0.6) is 0 Å². The minimum atomic E-state index is -0.512. The lowest BCUT2D eigenvalue weighted by Crippen LogP contribution is -2.30. The van der Waals surface area contributed by atoms with E-state index >= 15 is 0 Å². The predicted octanol–water partition coefficient (Wildman–Crippen LogP) is 6.83. The molecule has 0 bridgehead atoms. The van der Waals surface area contributed by atoms with Crippen molar-refractivity contribution in [3.8, 4) is 0 Å². The lowest BCUT2D eigenvalue weighted by molar-refractivity contribution is -0.115. The molecule has 0 aliphatic rings. The minimum Gasteiger partial charge on any atom is -0.326 e. The molecule has 0 saturated heterocycles. The third-order valence-electron chi connectivity index (χ3n) is 5.96. The van der Waals surface area contributed by atoms with E-state index in [0.717, 1.165) is 4.90 Å². The highest BCUT2D eigenvalue weighted by Gasteiger charge is 2.17. The number of benzene rings is 4. The summed E-state index contributed by atoms with van der Waals surface area (Å²) in [5, 5.41) is 11.2. The van der Waals surface area contributed by atoms with Gasteiger partial charge in [-0.05, 0) is 91.4 Å². The largest absolute Gasteiger partial charge is 0.326 e. The van der Waals surface area contributed by atoms with E-state index in [-0.39, 0.29) is 17.5 Å². The zero-order valence-electron chi connectivity index (χ0n) is 23.4. The molecule has 218 valence electrons. The highest BCUT2D eigenvalue weighted by molar-refractivity contribution is 8.00. The number of halogens is 1. The van der Waals surface area contributed by atoms with Crippen molar-refractivity contribution in [3.05, 3.63) is 125 Å². The summed E-state index contributed by atoms with van der Waals surface area (Å²) >= 11 is 7.48. The van der Waals surface area contributed by atoms with Crippen LogP contribution in [-0.4, -0.2) is 28.9 Å². The average Bonchev–Trinajstić information content (AvgIpc) is 2.99. The van der Waals surface area contributed by atoms with Gasteiger partial charge in [0, 0.05) is 39.5 Å². The highest BCUT2D eigenvalue weighted by Crippen LogP contribution is 2.26. The number of carbonyl (C=O) groups is 4. The first-order valence-electron chi connectivity index (χ1n) is 13.3. The van der Waals surface area contributed by atoms with E-state index < -0.39 is 17.1 Å². The van der Waals surface area contributed by atoms with Crippen molar-refractivity contribution in [3.63, 3.8) is 0 Å². The molecule has 4 aromatic rings. The molecule has 1 atom stereocenters. The van der Waals surface area contributed by atoms with E-state index in [1.54, 1.807) is 116 Å². The van der Waals surface area contributed by atoms with Gasteiger partial charge < -0.3 is 21.3 Å². The first-order chi connectivity index (χ1) is 20.7. The van der Waals surface area contributed by atoms with Gasteiger partial charge in [0.2, 0.25) is 11.8 Å².